The van der Waals surface area contributed by atoms with Gasteiger partial charge in [-0.3, -0.25) is 14.6 Å². The fraction of sp³-hybridized carbons (Fsp3) is 0.500. The molecule has 0 aromatic carbocycles. The number of rotatable bonds is 3. The van der Waals surface area contributed by atoms with Gasteiger partial charge in [-0.15, -0.1) is 0 Å². The first kappa shape index (κ1) is 16.2. The molecule has 2 aliphatic rings. The molecule has 1 aromatic rings. The summed E-state index contributed by atoms with van der Waals surface area (Å²) in [6.07, 6.45) is 5.08. The van der Waals surface area contributed by atoms with Gasteiger partial charge in [0.15, 0.2) is 0 Å². The summed E-state index contributed by atoms with van der Waals surface area (Å²) in [5, 5.41) is 11.8. The first-order chi connectivity index (χ1) is 11.6. The molecule has 0 aliphatic carbocycles. The second kappa shape index (κ2) is 6.86. The van der Waals surface area contributed by atoms with E-state index < -0.39 is 17.9 Å². The van der Waals surface area contributed by atoms with Crippen molar-refractivity contribution < 1.29 is 19.5 Å². The Hall–Kier alpha value is -2.64. The number of carbonyl (C=O) groups is 3. The number of anilines is 1. The first-order valence-corrected chi connectivity index (χ1v) is 8.06. The SMILES string of the molecule is O=C(O)C1CCN(C(=O)NC2CCCN(c3cccnc3)C2=O)C1. The monoisotopic (exact) mass is 332 g/mol. The van der Waals surface area contributed by atoms with Gasteiger partial charge in [-0.25, -0.2) is 4.79 Å². The number of amides is 3. The maximum Gasteiger partial charge on any atom is 0.318 e. The number of carbonyl (C=O) groups excluding carboxylic acids is 2. The van der Waals surface area contributed by atoms with E-state index in [0.717, 1.165) is 6.42 Å². The van der Waals surface area contributed by atoms with E-state index in [2.05, 4.69) is 10.3 Å². The Balaban J connectivity index is 1.62. The van der Waals surface area contributed by atoms with Crippen LogP contribution in [0.5, 0.6) is 0 Å². The van der Waals surface area contributed by atoms with Gasteiger partial charge in [0.05, 0.1) is 17.8 Å². The number of nitrogens with zero attached hydrogens (tertiary/aromatic N) is 3. The number of carboxylic acid groups (broad SMARTS) is 1. The number of carboxylic acids is 1. The van der Waals surface area contributed by atoms with Crippen LogP contribution in [-0.4, -0.2) is 58.6 Å². The lowest BCUT2D eigenvalue weighted by Gasteiger charge is -2.33. The zero-order chi connectivity index (χ0) is 17.1. The number of urea groups is 1. The van der Waals surface area contributed by atoms with E-state index in [-0.39, 0.29) is 18.5 Å². The molecule has 2 atom stereocenters. The van der Waals surface area contributed by atoms with Gasteiger partial charge < -0.3 is 20.2 Å². The van der Waals surface area contributed by atoms with Crippen LogP contribution in [0.3, 0.4) is 0 Å². The second-order valence-electron chi connectivity index (χ2n) is 6.12. The van der Waals surface area contributed by atoms with Crippen molar-refractivity contribution in [1.29, 1.82) is 0 Å². The minimum absolute atomic E-state index is 0.156. The summed E-state index contributed by atoms with van der Waals surface area (Å²) in [6, 6.07) is 2.62. The van der Waals surface area contributed by atoms with Crippen LogP contribution in [0.25, 0.3) is 0 Å². The normalized spacial score (nSPS) is 24.1. The third-order valence-corrected chi connectivity index (χ3v) is 4.52. The molecule has 128 valence electrons. The molecule has 24 heavy (non-hydrogen) atoms. The Morgan fingerprint density at radius 3 is 2.79 bits per heavy atom. The van der Waals surface area contributed by atoms with E-state index in [9.17, 15) is 14.4 Å². The summed E-state index contributed by atoms with van der Waals surface area (Å²) in [7, 11) is 0. The van der Waals surface area contributed by atoms with Crippen LogP contribution in [0.4, 0.5) is 10.5 Å². The third kappa shape index (κ3) is 3.32. The highest BCUT2D eigenvalue weighted by Crippen LogP contribution is 2.21. The lowest BCUT2D eigenvalue weighted by Crippen LogP contribution is -2.55. The lowest BCUT2D eigenvalue weighted by molar-refractivity contribution is -0.141. The minimum Gasteiger partial charge on any atom is -0.481 e. The number of piperidine rings is 1. The van der Waals surface area contributed by atoms with Gasteiger partial charge in [0.2, 0.25) is 5.91 Å². The molecule has 3 heterocycles. The summed E-state index contributed by atoms with van der Waals surface area (Å²) < 4.78 is 0. The highest BCUT2D eigenvalue weighted by molar-refractivity contribution is 5.99. The zero-order valence-corrected chi connectivity index (χ0v) is 13.2. The van der Waals surface area contributed by atoms with Crippen LogP contribution >= 0.6 is 0 Å². The molecule has 0 radical (unpaired) electrons. The smallest absolute Gasteiger partial charge is 0.318 e. The molecule has 2 N–H and O–H groups in total. The van der Waals surface area contributed by atoms with E-state index in [1.807, 2.05) is 6.07 Å². The largest absolute Gasteiger partial charge is 0.481 e. The molecular weight excluding hydrogens is 312 g/mol. The molecule has 3 rings (SSSR count). The molecule has 8 nitrogen and oxygen atoms in total. The van der Waals surface area contributed by atoms with Crippen molar-refractivity contribution in [2.24, 2.45) is 5.92 Å². The number of hydrogen-bond donors (Lipinski definition) is 2. The third-order valence-electron chi connectivity index (χ3n) is 4.52. The van der Waals surface area contributed by atoms with E-state index in [1.165, 1.54) is 4.90 Å². The average molecular weight is 332 g/mol. The van der Waals surface area contributed by atoms with Crippen molar-refractivity contribution in [2.45, 2.75) is 25.3 Å². The summed E-state index contributed by atoms with van der Waals surface area (Å²) in [5.41, 5.74) is 0.716. The van der Waals surface area contributed by atoms with Crippen molar-refractivity contribution in [2.75, 3.05) is 24.5 Å². The molecule has 2 unspecified atom stereocenters. The maximum atomic E-state index is 12.6. The van der Waals surface area contributed by atoms with Gasteiger partial charge in [0.1, 0.15) is 6.04 Å². The van der Waals surface area contributed by atoms with E-state index in [4.69, 9.17) is 5.11 Å². The fourth-order valence-electron chi connectivity index (χ4n) is 3.17. The van der Waals surface area contributed by atoms with Gasteiger partial charge in [-0.1, -0.05) is 0 Å². The minimum atomic E-state index is -0.887. The molecule has 2 saturated heterocycles. The van der Waals surface area contributed by atoms with Crippen LogP contribution in [0.1, 0.15) is 19.3 Å². The Kier molecular flexibility index (Phi) is 4.64. The van der Waals surface area contributed by atoms with Crippen molar-refractivity contribution in [3.05, 3.63) is 24.5 Å². The predicted octanol–water partition coefficient (Wildman–Crippen LogP) is 0.693. The van der Waals surface area contributed by atoms with Gasteiger partial charge in [0.25, 0.3) is 0 Å². The fourth-order valence-corrected chi connectivity index (χ4v) is 3.17. The Bertz CT molecular complexity index is 636. The van der Waals surface area contributed by atoms with E-state index in [0.29, 0.717) is 31.6 Å². The Labute approximate surface area is 139 Å². The van der Waals surface area contributed by atoms with Gasteiger partial charge >= 0.3 is 12.0 Å². The number of nitrogens with one attached hydrogen (secondary N) is 1. The highest BCUT2D eigenvalue weighted by atomic mass is 16.4. The quantitative estimate of drug-likeness (QED) is 0.848. The number of hydrogen-bond acceptors (Lipinski definition) is 4. The highest BCUT2D eigenvalue weighted by Gasteiger charge is 2.35. The molecule has 8 heteroatoms. The molecule has 2 aliphatic heterocycles. The van der Waals surface area contributed by atoms with Crippen LogP contribution in [0.15, 0.2) is 24.5 Å². The summed E-state index contributed by atoms with van der Waals surface area (Å²) in [4.78, 5) is 43.0. The molecule has 1 aromatic heterocycles. The number of likely N-dealkylation sites (tertiary alicyclic amines) is 1. The van der Waals surface area contributed by atoms with Crippen molar-refractivity contribution in [1.82, 2.24) is 15.2 Å². The first-order valence-electron chi connectivity index (χ1n) is 8.06. The lowest BCUT2D eigenvalue weighted by atomic mass is 10.0. The van der Waals surface area contributed by atoms with Crippen LogP contribution in [-0.2, 0) is 9.59 Å². The van der Waals surface area contributed by atoms with Gasteiger partial charge in [-0.05, 0) is 31.4 Å². The van der Waals surface area contributed by atoms with Crippen LogP contribution < -0.4 is 10.2 Å². The van der Waals surface area contributed by atoms with Gasteiger partial charge in [-0.2, -0.15) is 0 Å². The maximum absolute atomic E-state index is 12.6. The number of pyridine rings is 1. The molecule has 3 amide bonds. The Morgan fingerprint density at radius 1 is 1.29 bits per heavy atom. The molecule has 0 saturated carbocycles. The van der Waals surface area contributed by atoms with E-state index >= 15 is 0 Å². The summed E-state index contributed by atoms with van der Waals surface area (Å²) in [5.74, 6) is -1.57. The number of aliphatic carboxylic acids is 1. The molecule has 0 bridgehead atoms. The summed E-state index contributed by atoms with van der Waals surface area (Å²) >= 11 is 0. The topological polar surface area (TPSA) is 103 Å². The average Bonchev–Trinajstić information content (AvgIpc) is 3.08. The molecule has 2 fully saturated rings. The van der Waals surface area contributed by atoms with Crippen molar-refractivity contribution in [3.8, 4) is 0 Å². The van der Waals surface area contributed by atoms with Crippen molar-refractivity contribution in [3.63, 3.8) is 0 Å². The van der Waals surface area contributed by atoms with Crippen LogP contribution in [0, 0.1) is 5.92 Å². The van der Waals surface area contributed by atoms with E-state index in [1.54, 1.807) is 23.4 Å². The second-order valence-corrected chi connectivity index (χ2v) is 6.12. The summed E-state index contributed by atoms with van der Waals surface area (Å²) in [6.45, 7) is 1.19. The van der Waals surface area contributed by atoms with Gasteiger partial charge in [0, 0.05) is 25.8 Å². The standard InChI is InChI=1S/C16H20N4O4/c21-14-13(4-2-7-20(14)12-3-1-6-17-9-12)18-16(24)19-8-5-11(10-19)15(22)23/h1,3,6,9,11,13H,2,4-5,7-8,10H2,(H,18,24)(H,22,23). The predicted molar refractivity (Wildman–Crippen MR) is 85.5 cm³/mol. The Morgan fingerprint density at radius 2 is 2.12 bits per heavy atom. The van der Waals surface area contributed by atoms with Crippen molar-refractivity contribution >= 4 is 23.6 Å². The zero-order valence-electron chi connectivity index (χ0n) is 13.2. The molecular formula is C16H20N4O4. The van der Waals surface area contributed by atoms with Crippen LogP contribution in [0.2, 0.25) is 0 Å². The molecule has 0 spiro atoms. The number of aromatic nitrogens is 1.